The van der Waals surface area contributed by atoms with Crippen LogP contribution in [0.4, 0.5) is 5.69 Å². The van der Waals surface area contributed by atoms with Gasteiger partial charge in [0, 0.05) is 28.3 Å². The number of aliphatic carboxylic acids is 1. The number of nitrogens with one attached hydrogen (secondary N) is 2. The summed E-state index contributed by atoms with van der Waals surface area (Å²) in [6.45, 7) is 3.87. The van der Waals surface area contributed by atoms with Crippen molar-refractivity contribution in [3.05, 3.63) is 40.4 Å². The summed E-state index contributed by atoms with van der Waals surface area (Å²) in [7, 11) is 0. The highest BCUT2D eigenvalue weighted by Gasteiger charge is 2.60. The molecule has 0 saturated carbocycles. The van der Waals surface area contributed by atoms with Crippen LogP contribution in [0.1, 0.15) is 30.6 Å². The number of aliphatic hydroxyl groups excluding tert-OH is 1. The second-order valence-corrected chi connectivity index (χ2v) is 9.93. The van der Waals surface area contributed by atoms with Gasteiger partial charge in [-0.1, -0.05) is 13.0 Å². The average Bonchev–Trinajstić information content (AvgIpc) is 3.30. The number of fused-ring (bicyclic) bond motifs is 1. The van der Waals surface area contributed by atoms with Gasteiger partial charge < -0.3 is 30.9 Å². The van der Waals surface area contributed by atoms with Crippen LogP contribution in [0.25, 0.3) is 0 Å². The topological polar surface area (TPSA) is 156 Å². The number of amides is 2. The van der Waals surface area contributed by atoms with E-state index in [1.54, 1.807) is 12.1 Å². The molecule has 176 valence electrons. The van der Waals surface area contributed by atoms with Crippen molar-refractivity contribution in [2.45, 2.75) is 43.7 Å². The van der Waals surface area contributed by atoms with Crippen molar-refractivity contribution in [2.24, 2.45) is 11.8 Å². The maximum Gasteiger partial charge on any atom is 0.353 e. The Balaban J connectivity index is 1.43. The summed E-state index contributed by atoms with van der Waals surface area (Å²) in [4.78, 5) is 50.1. The minimum absolute atomic E-state index is 0.0298. The lowest BCUT2D eigenvalue weighted by Crippen LogP contribution is -2.63. The Hall–Kier alpha value is -2.89. The summed E-state index contributed by atoms with van der Waals surface area (Å²) in [5, 5.41) is 34.6. The number of carboxylic acid groups (broad SMARTS) is 2. The predicted octanol–water partition coefficient (Wildman–Crippen LogP) is 0.941. The quantitative estimate of drug-likeness (QED) is 0.362. The second-order valence-electron chi connectivity index (χ2n) is 8.58. The van der Waals surface area contributed by atoms with E-state index in [9.17, 15) is 29.4 Å². The minimum Gasteiger partial charge on any atom is -0.478 e. The Morgan fingerprint density at radius 2 is 1.97 bits per heavy atom. The van der Waals surface area contributed by atoms with Gasteiger partial charge in [-0.3, -0.25) is 9.59 Å². The zero-order valence-electron chi connectivity index (χ0n) is 18.0. The highest BCUT2D eigenvalue weighted by molar-refractivity contribution is 8.03. The molecule has 0 bridgehead atoms. The van der Waals surface area contributed by atoms with Gasteiger partial charge in [0.25, 0.3) is 0 Å². The van der Waals surface area contributed by atoms with Gasteiger partial charge in [0.2, 0.25) is 11.8 Å². The maximum absolute atomic E-state index is 12.7. The molecule has 2 amide bonds. The Kier molecular flexibility index (Phi) is 6.21. The lowest BCUT2D eigenvalue weighted by molar-refractivity contribution is -0.163. The van der Waals surface area contributed by atoms with E-state index in [4.69, 9.17) is 5.11 Å². The van der Waals surface area contributed by atoms with Crippen molar-refractivity contribution in [3.63, 3.8) is 0 Å². The van der Waals surface area contributed by atoms with Gasteiger partial charge in [0.1, 0.15) is 5.70 Å². The van der Waals surface area contributed by atoms with Crippen molar-refractivity contribution in [1.29, 1.82) is 0 Å². The minimum atomic E-state index is -1.18. The Labute approximate surface area is 194 Å². The number of hydrogen-bond donors (Lipinski definition) is 5. The number of aromatic carboxylic acids is 1. The molecule has 0 aromatic heterocycles. The highest BCUT2D eigenvalue weighted by atomic mass is 32.2. The van der Waals surface area contributed by atoms with Crippen molar-refractivity contribution in [2.75, 3.05) is 11.9 Å². The van der Waals surface area contributed by atoms with Crippen LogP contribution >= 0.6 is 11.8 Å². The first-order valence-corrected chi connectivity index (χ1v) is 11.5. The molecule has 2 saturated heterocycles. The van der Waals surface area contributed by atoms with E-state index in [2.05, 4.69) is 10.6 Å². The van der Waals surface area contributed by atoms with Gasteiger partial charge in [-0.15, -0.1) is 11.8 Å². The van der Waals surface area contributed by atoms with E-state index >= 15 is 0 Å². The van der Waals surface area contributed by atoms with Gasteiger partial charge in [0.05, 0.1) is 29.7 Å². The number of β-lactam (4-membered cyclic amide) rings is 1. The number of thioether (sulfide) groups is 1. The van der Waals surface area contributed by atoms with E-state index in [1.807, 2.05) is 6.92 Å². The smallest absolute Gasteiger partial charge is 0.353 e. The molecular formula is C22H25N3O7S. The number of anilines is 1. The van der Waals surface area contributed by atoms with Crippen LogP contribution in [0.2, 0.25) is 0 Å². The molecule has 1 aromatic carbocycles. The molecule has 2 fully saturated rings. The van der Waals surface area contributed by atoms with Crippen LogP contribution in [-0.2, 0) is 14.4 Å². The molecule has 3 aliphatic heterocycles. The highest BCUT2D eigenvalue weighted by Crippen LogP contribution is 2.51. The van der Waals surface area contributed by atoms with Gasteiger partial charge >= 0.3 is 11.9 Å². The standard InChI is InChI=1S/C22H25N3O7S/c1-9-16-15(10(2)26)20(28)25(16)17(22(31)32)18(9)33-13-7-14(23-8-13)19(27)24-12-5-3-4-11(6-12)21(29)30/h3-6,9-10,13-16,23,26H,7-8H2,1-2H3,(H,24,27)(H,29,30)(H,31,32)/t9-,10-,13+,14+,15-,16?/m1/s1. The summed E-state index contributed by atoms with van der Waals surface area (Å²) in [6, 6.07) is 5.07. The van der Waals surface area contributed by atoms with Crippen molar-refractivity contribution in [3.8, 4) is 0 Å². The average molecular weight is 476 g/mol. The first-order valence-electron chi connectivity index (χ1n) is 10.6. The molecule has 0 spiro atoms. The third-order valence-electron chi connectivity index (χ3n) is 6.39. The maximum atomic E-state index is 12.7. The molecule has 1 unspecified atom stereocenters. The number of carbonyl (C=O) groups excluding carboxylic acids is 2. The zero-order valence-corrected chi connectivity index (χ0v) is 18.8. The fraction of sp³-hybridized carbons (Fsp3) is 0.455. The van der Waals surface area contributed by atoms with Crippen LogP contribution in [0, 0.1) is 11.8 Å². The van der Waals surface area contributed by atoms with E-state index in [0.29, 0.717) is 23.6 Å². The molecule has 1 aromatic rings. The van der Waals surface area contributed by atoms with Gasteiger partial charge in [0.15, 0.2) is 0 Å². The van der Waals surface area contributed by atoms with Crippen LogP contribution in [0.15, 0.2) is 34.9 Å². The lowest BCUT2D eigenvalue weighted by atomic mass is 9.79. The van der Waals surface area contributed by atoms with Crippen LogP contribution in [0.3, 0.4) is 0 Å². The number of hydrogen-bond acceptors (Lipinski definition) is 7. The molecule has 0 radical (unpaired) electrons. The van der Waals surface area contributed by atoms with Gasteiger partial charge in [-0.05, 0) is 31.5 Å². The summed E-state index contributed by atoms with van der Waals surface area (Å²) in [5.41, 5.74) is 0.418. The normalized spacial score (nSPS) is 29.5. The molecule has 0 aliphatic carbocycles. The molecule has 3 heterocycles. The number of aliphatic hydroxyl groups is 1. The number of rotatable bonds is 7. The Bertz CT molecular complexity index is 1060. The van der Waals surface area contributed by atoms with E-state index in [1.165, 1.54) is 35.7 Å². The Morgan fingerprint density at radius 1 is 1.24 bits per heavy atom. The summed E-state index contributed by atoms with van der Waals surface area (Å²) in [6.07, 6.45) is -0.419. The largest absolute Gasteiger partial charge is 0.478 e. The third kappa shape index (κ3) is 4.11. The third-order valence-corrected chi connectivity index (χ3v) is 7.90. The SMILES string of the molecule is C[C@H]1C(S[C@@H]2CN[C@H](C(=O)Nc3cccc(C(=O)O)c3)C2)=C(C(=O)O)N2C(=O)[C@H]([C@@H](C)O)C12. The number of nitrogens with zero attached hydrogens (tertiary/aromatic N) is 1. The van der Waals surface area contributed by atoms with Crippen molar-refractivity contribution in [1.82, 2.24) is 10.2 Å². The molecule has 10 nitrogen and oxygen atoms in total. The first-order chi connectivity index (χ1) is 15.6. The molecular weight excluding hydrogens is 450 g/mol. The number of carbonyl (C=O) groups is 4. The van der Waals surface area contributed by atoms with Crippen LogP contribution in [-0.4, -0.2) is 74.0 Å². The number of benzene rings is 1. The van der Waals surface area contributed by atoms with Crippen LogP contribution < -0.4 is 10.6 Å². The molecule has 11 heteroatoms. The Morgan fingerprint density at radius 3 is 2.61 bits per heavy atom. The van der Waals surface area contributed by atoms with E-state index in [-0.39, 0.29) is 40.3 Å². The summed E-state index contributed by atoms with van der Waals surface area (Å²) >= 11 is 1.36. The summed E-state index contributed by atoms with van der Waals surface area (Å²) < 4.78 is 0. The molecule has 5 N–H and O–H groups in total. The fourth-order valence-corrected chi connectivity index (χ4v) is 6.29. The van der Waals surface area contributed by atoms with Crippen molar-refractivity contribution >= 4 is 41.2 Å². The fourth-order valence-electron chi connectivity index (χ4n) is 4.81. The molecule has 6 atom stereocenters. The zero-order chi connectivity index (χ0) is 24.0. The van der Waals surface area contributed by atoms with E-state index < -0.39 is 30.0 Å². The van der Waals surface area contributed by atoms with Gasteiger partial charge in [-0.2, -0.15) is 0 Å². The second kappa shape index (κ2) is 8.81. The predicted molar refractivity (Wildman–Crippen MR) is 119 cm³/mol. The van der Waals surface area contributed by atoms with Crippen LogP contribution in [0.5, 0.6) is 0 Å². The first kappa shape index (κ1) is 23.3. The molecule has 3 aliphatic rings. The van der Waals surface area contributed by atoms with Crippen molar-refractivity contribution < 1.29 is 34.5 Å². The van der Waals surface area contributed by atoms with E-state index in [0.717, 1.165) is 0 Å². The molecule has 33 heavy (non-hydrogen) atoms. The monoisotopic (exact) mass is 475 g/mol. The number of carboxylic acids is 2. The lowest BCUT2D eigenvalue weighted by Gasteiger charge is -2.46. The van der Waals surface area contributed by atoms with Gasteiger partial charge in [-0.25, -0.2) is 9.59 Å². The summed E-state index contributed by atoms with van der Waals surface area (Å²) in [5.74, 6) is -3.79. The molecule has 4 rings (SSSR count).